The average Bonchev–Trinajstić information content (AvgIpc) is 1.96. The fraction of sp³-hybridized carbons (Fsp3) is 0.167. The molecule has 1 heterocycles. The number of hydrogen-bond donors (Lipinski definition) is 0. The van der Waals surface area contributed by atoms with Crippen molar-refractivity contribution >= 4 is 56.8 Å². The van der Waals surface area contributed by atoms with Crippen LogP contribution in [-0.4, -0.2) is 4.98 Å². The van der Waals surface area contributed by atoms with E-state index in [-0.39, 0.29) is 10.7 Å². The predicted octanol–water partition coefficient (Wildman–Crippen LogP) is 3.88. The third-order valence-electron chi connectivity index (χ3n) is 1.15. The second-order valence-corrected chi connectivity index (χ2v) is 4.48. The van der Waals surface area contributed by atoms with Gasteiger partial charge in [-0.3, -0.25) is 0 Å². The van der Waals surface area contributed by atoms with Crippen molar-refractivity contribution in [2.45, 2.75) is 6.43 Å². The van der Waals surface area contributed by atoms with Crippen molar-refractivity contribution in [3.8, 4) is 0 Å². The van der Waals surface area contributed by atoms with E-state index < -0.39 is 6.43 Å². The van der Waals surface area contributed by atoms with Crippen molar-refractivity contribution < 1.29 is 8.78 Å². The number of halogens is 5. The van der Waals surface area contributed by atoms with E-state index in [4.69, 9.17) is 11.6 Å². The molecular formula is C6H2ClF2I2N. The highest BCUT2D eigenvalue weighted by Gasteiger charge is 2.15. The first kappa shape index (κ1) is 10.8. The van der Waals surface area contributed by atoms with Crippen molar-refractivity contribution in [1.82, 2.24) is 4.98 Å². The number of hydrogen-bond acceptors (Lipinski definition) is 1. The minimum atomic E-state index is -2.49. The molecule has 0 N–H and O–H groups in total. The van der Waals surface area contributed by atoms with Gasteiger partial charge in [-0.2, -0.15) is 0 Å². The van der Waals surface area contributed by atoms with E-state index in [1.165, 1.54) is 6.07 Å². The average molecular weight is 415 g/mol. The molecule has 12 heavy (non-hydrogen) atoms. The molecule has 0 aliphatic rings. The van der Waals surface area contributed by atoms with Crippen molar-refractivity contribution in [2.75, 3.05) is 0 Å². The Balaban J connectivity index is 3.28. The summed E-state index contributed by atoms with van der Waals surface area (Å²) in [7, 11) is 0. The maximum Gasteiger partial charge on any atom is 0.265 e. The Morgan fingerprint density at radius 3 is 2.50 bits per heavy atom. The van der Waals surface area contributed by atoms with Gasteiger partial charge in [0.2, 0.25) is 0 Å². The highest BCUT2D eigenvalue weighted by atomic mass is 127. The van der Waals surface area contributed by atoms with E-state index in [1.807, 2.05) is 22.6 Å². The molecule has 1 aromatic heterocycles. The van der Waals surface area contributed by atoms with Gasteiger partial charge in [0.25, 0.3) is 6.43 Å². The molecule has 0 atom stereocenters. The quantitative estimate of drug-likeness (QED) is 0.501. The summed E-state index contributed by atoms with van der Waals surface area (Å²) >= 11 is 9.21. The third-order valence-corrected chi connectivity index (χ3v) is 3.43. The summed E-state index contributed by atoms with van der Waals surface area (Å²) in [5, 5.41) is 0.137. The summed E-state index contributed by atoms with van der Waals surface area (Å²) < 4.78 is 25.4. The fourth-order valence-electron chi connectivity index (χ4n) is 0.645. The zero-order chi connectivity index (χ0) is 9.30. The second kappa shape index (κ2) is 4.32. The largest absolute Gasteiger partial charge is 0.265 e. The molecule has 0 radical (unpaired) electrons. The Kier molecular flexibility index (Phi) is 3.90. The Morgan fingerprint density at radius 2 is 2.00 bits per heavy atom. The molecular weight excluding hydrogens is 413 g/mol. The molecule has 0 aliphatic carbocycles. The highest BCUT2D eigenvalue weighted by molar-refractivity contribution is 14.1. The zero-order valence-corrected chi connectivity index (χ0v) is 10.6. The van der Waals surface area contributed by atoms with Gasteiger partial charge in [-0.15, -0.1) is 0 Å². The summed E-state index contributed by atoms with van der Waals surface area (Å²) in [6, 6.07) is 1.33. The molecule has 0 saturated heterocycles. The maximum atomic E-state index is 12.3. The number of nitrogens with zero attached hydrogens (tertiary/aromatic N) is 1. The van der Waals surface area contributed by atoms with Crippen LogP contribution in [0.5, 0.6) is 0 Å². The number of pyridine rings is 1. The molecule has 0 saturated carbocycles. The van der Waals surface area contributed by atoms with Gasteiger partial charge in [-0.05, 0) is 51.2 Å². The van der Waals surface area contributed by atoms with Gasteiger partial charge in [0.15, 0.2) is 0 Å². The monoisotopic (exact) mass is 415 g/mol. The molecule has 0 amide bonds. The molecule has 0 spiro atoms. The molecule has 6 heteroatoms. The van der Waals surface area contributed by atoms with E-state index in [1.54, 1.807) is 22.6 Å². The molecule has 0 aliphatic heterocycles. The Labute approximate surface area is 100 Å². The normalized spacial score (nSPS) is 10.8. The summed E-state index contributed by atoms with van der Waals surface area (Å²) in [6.07, 6.45) is -2.49. The summed E-state index contributed by atoms with van der Waals surface area (Å²) in [5.74, 6) is 0. The molecule has 0 bridgehead atoms. The molecule has 1 nitrogen and oxygen atoms in total. The second-order valence-electron chi connectivity index (χ2n) is 1.94. The van der Waals surface area contributed by atoms with Crippen molar-refractivity contribution in [2.24, 2.45) is 0 Å². The van der Waals surface area contributed by atoms with Gasteiger partial charge in [0.1, 0.15) is 8.85 Å². The lowest BCUT2D eigenvalue weighted by atomic mass is 10.3. The van der Waals surface area contributed by atoms with Crippen molar-refractivity contribution in [3.05, 3.63) is 24.1 Å². The molecule has 66 valence electrons. The van der Waals surface area contributed by atoms with Crippen LogP contribution in [0, 0.1) is 7.27 Å². The van der Waals surface area contributed by atoms with Gasteiger partial charge in [0.05, 0.1) is 3.57 Å². The highest BCUT2D eigenvalue weighted by Crippen LogP contribution is 2.29. The first-order chi connectivity index (χ1) is 5.52. The van der Waals surface area contributed by atoms with Crippen molar-refractivity contribution in [1.29, 1.82) is 0 Å². The molecule has 0 fully saturated rings. The van der Waals surface area contributed by atoms with Gasteiger partial charge < -0.3 is 0 Å². The van der Waals surface area contributed by atoms with Crippen LogP contribution in [0.1, 0.15) is 12.0 Å². The van der Waals surface area contributed by atoms with Gasteiger partial charge in [0, 0.05) is 5.56 Å². The van der Waals surface area contributed by atoms with Gasteiger partial charge >= 0.3 is 0 Å². The Bertz CT molecular complexity index is 306. The standard InChI is InChI=1S/C6H2ClF2I2N/c7-5-4(11)2(6(8)9)1-3(10)12-5/h1,6H. The van der Waals surface area contributed by atoms with Crippen LogP contribution in [0.4, 0.5) is 8.78 Å². The van der Waals surface area contributed by atoms with E-state index in [0.717, 1.165) is 0 Å². The van der Waals surface area contributed by atoms with E-state index in [2.05, 4.69) is 4.98 Å². The third kappa shape index (κ3) is 2.38. The number of rotatable bonds is 1. The van der Waals surface area contributed by atoms with Gasteiger partial charge in [-0.1, -0.05) is 11.6 Å². The minimum absolute atomic E-state index is 0.0556. The topological polar surface area (TPSA) is 12.9 Å². The minimum Gasteiger partial charge on any atom is -0.229 e. The molecule has 1 rings (SSSR count). The zero-order valence-electron chi connectivity index (χ0n) is 5.49. The smallest absolute Gasteiger partial charge is 0.229 e. The van der Waals surface area contributed by atoms with Crippen molar-refractivity contribution in [3.63, 3.8) is 0 Å². The Hall–Kier alpha value is 0.760. The predicted molar refractivity (Wildman–Crippen MR) is 59.6 cm³/mol. The van der Waals surface area contributed by atoms with E-state index >= 15 is 0 Å². The SMILES string of the molecule is FC(F)c1cc(I)nc(Cl)c1I. The lowest BCUT2D eigenvalue weighted by Crippen LogP contribution is -1.94. The Morgan fingerprint density at radius 1 is 1.42 bits per heavy atom. The lowest BCUT2D eigenvalue weighted by Gasteiger charge is -2.04. The van der Waals surface area contributed by atoms with E-state index in [0.29, 0.717) is 7.27 Å². The first-order valence-electron chi connectivity index (χ1n) is 2.82. The molecule has 0 aromatic carbocycles. The lowest BCUT2D eigenvalue weighted by molar-refractivity contribution is 0.150. The van der Waals surface area contributed by atoms with Crippen LogP contribution in [-0.2, 0) is 0 Å². The van der Waals surface area contributed by atoms with Crippen LogP contribution in [0.2, 0.25) is 5.15 Å². The van der Waals surface area contributed by atoms with Crippen LogP contribution in [0.25, 0.3) is 0 Å². The van der Waals surface area contributed by atoms with Gasteiger partial charge in [-0.25, -0.2) is 13.8 Å². The summed E-state index contributed by atoms with van der Waals surface area (Å²) in [6.45, 7) is 0. The maximum absolute atomic E-state index is 12.3. The number of alkyl halides is 2. The van der Waals surface area contributed by atoms with Crippen LogP contribution in [0.3, 0.4) is 0 Å². The molecule has 0 unspecified atom stereocenters. The fourth-order valence-corrected chi connectivity index (χ4v) is 2.08. The van der Waals surface area contributed by atoms with Crippen LogP contribution >= 0.6 is 56.8 Å². The van der Waals surface area contributed by atoms with Crippen LogP contribution in [0.15, 0.2) is 6.07 Å². The van der Waals surface area contributed by atoms with E-state index in [9.17, 15) is 8.78 Å². The van der Waals surface area contributed by atoms with Crippen LogP contribution < -0.4 is 0 Å². The summed E-state index contributed by atoms with van der Waals surface area (Å²) in [4.78, 5) is 3.83. The number of aromatic nitrogens is 1. The molecule has 1 aromatic rings. The summed E-state index contributed by atoms with van der Waals surface area (Å²) in [5.41, 5.74) is -0.0556. The first-order valence-corrected chi connectivity index (χ1v) is 5.35.